The van der Waals surface area contributed by atoms with Crippen LogP contribution in [0.25, 0.3) is 0 Å². The van der Waals surface area contributed by atoms with Gasteiger partial charge in [0.1, 0.15) is 5.82 Å². The summed E-state index contributed by atoms with van der Waals surface area (Å²) in [5, 5.41) is 3.76. The highest BCUT2D eigenvalue weighted by Crippen LogP contribution is 2.25. The first-order chi connectivity index (χ1) is 8.02. The SMILES string of the molecule is Cc1cc(Nc2cc(Cl)cc(Br)c2)nc(N)n1. The van der Waals surface area contributed by atoms with E-state index in [9.17, 15) is 0 Å². The van der Waals surface area contributed by atoms with Crippen molar-refractivity contribution in [3.63, 3.8) is 0 Å². The van der Waals surface area contributed by atoms with Gasteiger partial charge >= 0.3 is 0 Å². The van der Waals surface area contributed by atoms with E-state index in [1.54, 1.807) is 6.07 Å². The molecular formula is C11H10BrClN4. The summed E-state index contributed by atoms with van der Waals surface area (Å²) in [5.74, 6) is 0.887. The second-order valence-corrected chi connectivity index (χ2v) is 4.89. The molecule has 88 valence electrons. The van der Waals surface area contributed by atoms with Crippen LogP contribution in [0.2, 0.25) is 5.02 Å². The fraction of sp³-hybridized carbons (Fsp3) is 0.0909. The lowest BCUT2D eigenvalue weighted by Gasteiger charge is -2.07. The van der Waals surface area contributed by atoms with Crippen LogP contribution in [0, 0.1) is 6.92 Å². The van der Waals surface area contributed by atoms with Gasteiger partial charge in [0.05, 0.1) is 0 Å². The molecule has 0 unspecified atom stereocenters. The molecule has 1 aromatic heterocycles. The second kappa shape index (κ2) is 4.89. The summed E-state index contributed by atoms with van der Waals surface area (Å²) in [6, 6.07) is 7.33. The van der Waals surface area contributed by atoms with Crippen LogP contribution in [0.1, 0.15) is 5.69 Å². The molecule has 1 heterocycles. The minimum absolute atomic E-state index is 0.244. The number of aryl methyl sites for hydroxylation is 1. The molecule has 0 aliphatic heterocycles. The van der Waals surface area contributed by atoms with E-state index in [0.29, 0.717) is 10.8 Å². The van der Waals surface area contributed by atoms with Gasteiger partial charge in [0.25, 0.3) is 0 Å². The van der Waals surface area contributed by atoms with Crippen molar-refractivity contribution in [1.82, 2.24) is 9.97 Å². The van der Waals surface area contributed by atoms with Gasteiger partial charge in [-0.25, -0.2) is 4.98 Å². The third-order valence-electron chi connectivity index (χ3n) is 2.01. The molecule has 0 spiro atoms. The molecule has 17 heavy (non-hydrogen) atoms. The monoisotopic (exact) mass is 312 g/mol. The Kier molecular flexibility index (Phi) is 3.49. The zero-order valence-electron chi connectivity index (χ0n) is 9.04. The minimum atomic E-state index is 0.244. The molecule has 0 bridgehead atoms. The minimum Gasteiger partial charge on any atom is -0.368 e. The maximum atomic E-state index is 5.95. The number of nitrogens with zero attached hydrogens (tertiary/aromatic N) is 2. The van der Waals surface area contributed by atoms with Crippen LogP contribution in [0.4, 0.5) is 17.5 Å². The molecular weight excluding hydrogens is 304 g/mol. The van der Waals surface area contributed by atoms with Gasteiger partial charge in [0, 0.05) is 26.9 Å². The summed E-state index contributed by atoms with van der Waals surface area (Å²) in [5.41, 5.74) is 7.22. The molecule has 2 rings (SSSR count). The number of nitrogens with two attached hydrogens (primary N) is 1. The topological polar surface area (TPSA) is 63.8 Å². The summed E-state index contributed by atoms with van der Waals surface area (Å²) in [7, 11) is 0. The third kappa shape index (κ3) is 3.31. The molecule has 0 radical (unpaired) electrons. The quantitative estimate of drug-likeness (QED) is 0.890. The van der Waals surface area contributed by atoms with Gasteiger partial charge in [-0.3, -0.25) is 0 Å². The number of hydrogen-bond donors (Lipinski definition) is 2. The van der Waals surface area contributed by atoms with Crippen molar-refractivity contribution in [3.8, 4) is 0 Å². The van der Waals surface area contributed by atoms with E-state index < -0.39 is 0 Å². The predicted octanol–water partition coefficient (Wildman–Crippen LogP) is 3.53. The Hall–Kier alpha value is -1.33. The molecule has 0 saturated heterocycles. The molecule has 0 saturated carbocycles. The number of nitrogen functional groups attached to an aromatic ring is 1. The Labute approximate surface area is 112 Å². The maximum absolute atomic E-state index is 5.95. The van der Waals surface area contributed by atoms with Crippen LogP contribution in [-0.4, -0.2) is 9.97 Å². The fourth-order valence-electron chi connectivity index (χ4n) is 1.43. The van der Waals surface area contributed by atoms with Crippen LogP contribution >= 0.6 is 27.5 Å². The predicted molar refractivity (Wildman–Crippen MR) is 73.6 cm³/mol. The van der Waals surface area contributed by atoms with Crippen LogP contribution in [0.5, 0.6) is 0 Å². The Balaban J connectivity index is 2.31. The molecule has 4 nitrogen and oxygen atoms in total. The van der Waals surface area contributed by atoms with Crippen molar-refractivity contribution >= 4 is 45.0 Å². The van der Waals surface area contributed by atoms with Crippen molar-refractivity contribution in [2.75, 3.05) is 11.1 Å². The lowest BCUT2D eigenvalue weighted by Crippen LogP contribution is -2.01. The Morgan fingerprint density at radius 1 is 1.24 bits per heavy atom. The van der Waals surface area contributed by atoms with Crippen molar-refractivity contribution in [2.45, 2.75) is 6.92 Å². The number of rotatable bonds is 2. The van der Waals surface area contributed by atoms with E-state index in [1.807, 2.05) is 25.1 Å². The fourth-order valence-corrected chi connectivity index (χ4v) is 2.29. The van der Waals surface area contributed by atoms with Gasteiger partial charge in [-0.05, 0) is 25.1 Å². The van der Waals surface area contributed by atoms with E-state index in [1.165, 1.54) is 0 Å². The first kappa shape index (κ1) is 12.1. The van der Waals surface area contributed by atoms with Crippen molar-refractivity contribution in [1.29, 1.82) is 0 Å². The van der Waals surface area contributed by atoms with Gasteiger partial charge in [0.15, 0.2) is 0 Å². The van der Waals surface area contributed by atoms with E-state index in [4.69, 9.17) is 17.3 Å². The normalized spacial score (nSPS) is 10.3. The van der Waals surface area contributed by atoms with Gasteiger partial charge < -0.3 is 11.1 Å². The average molecular weight is 314 g/mol. The Bertz CT molecular complexity index is 469. The maximum Gasteiger partial charge on any atom is 0.222 e. The standard InChI is InChI=1S/C11H10BrClN4/c1-6-2-10(17-11(14)15-6)16-9-4-7(12)3-8(13)5-9/h2-5H,1H3,(H3,14,15,16,17). The number of benzene rings is 1. The lowest BCUT2D eigenvalue weighted by molar-refractivity contribution is 1.12. The van der Waals surface area contributed by atoms with Gasteiger partial charge in [-0.15, -0.1) is 0 Å². The smallest absolute Gasteiger partial charge is 0.222 e. The van der Waals surface area contributed by atoms with Crippen LogP contribution in [0.15, 0.2) is 28.7 Å². The van der Waals surface area contributed by atoms with E-state index in [-0.39, 0.29) is 5.95 Å². The second-order valence-electron chi connectivity index (χ2n) is 3.54. The summed E-state index contributed by atoms with van der Waals surface area (Å²) in [6.07, 6.45) is 0. The van der Waals surface area contributed by atoms with Crippen LogP contribution < -0.4 is 11.1 Å². The number of anilines is 3. The molecule has 3 N–H and O–H groups in total. The highest BCUT2D eigenvalue weighted by Gasteiger charge is 2.02. The van der Waals surface area contributed by atoms with E-state index in [2.05, 4.69) is 31.2 Å². The van der Waals surface area contributed by atoms with Crippen LogP contribution in [0.3, 0.4) is 0 Å². The molecule has 0 fully saturated rings. The number of aromatic nitrogens is 2. The Morgan fingerprint density at radius 2 is 2.00 bits per heavy atom. The zero-order chi connectivity index (χ0) is 12.4. The number of hydrogen-bond acceptors (Lipinski definition) is 4. The molecule has 6 heteroatoms. The van der Waals surface area contributed by atoms with Crippen molar-refractivity contribution in [2.24, 2.45) is 0 Å². The average Bonchev–Trinajstić information content (AvgIpc) is 2.13. The summed E-state index contributed by atoms with van der Waals surface area (Å²) < 4.78 is 0.895. The largest absolute Gasteiger partial charge is 0.368 e. The number of nitrogens with one attached hydrogen (secondary N) is 1. The van der Waals surface area contributed by atoms with Crippen molar-refractivity contribution in [3.05, 3.63) is 39.5 Å². The first-order valence-electron chi connectivity index (χ1n) is 4.87. The molecule has 0 amide bonds. The molecule has 0 aliphatic carbocycles. The number of halogens is 2. The van der Waals surface area contributed by atoms with Crippen LogP contribution in [-0.2, 0) is 0 Å². The summed E-state index contributed by atoms with van der Waals surface area (Å²) in [6.45, 7) is 1.86. The summed E-state index contributed by atoms with van der Waals surface area (Å²) in [4.78, 5) is 8.09. The Morgan fingerprint density at radius 3 is 2.65 bits per heavy atom. The van der Waals surface area contributed by atoms with E-state index >= 15 is 0 Å². The van der Waals surface area contributed by atoms with E-state index in [0.717, 1.165) is 15.9 Å². The molecule has 2 aromatic rings. The highest BCUT2D eigenvalue weighted by molar-refractivity contribution is 9.10. The zero-order valence-corrected chi connectivity index (χ0v) is 11.4. The third-order valence-corrected chi connectivity index (χ3v) is 2.68. The van der Waals surface area contributed by atoms with Gasteiger partial charge in [0.2, 0.25) is 5.95 Å². The molecule has 0 atom stereocenters. The van der Waals surface area contributed by atoms with Gasteiger partial charge in [-0.2, -0.15) is 4.98 Å². The highest BCUT2D eigenvalue weighted by atomic mass is 79.9. The first-order valence-corrected chi connectivity index (χ1v) is 6.04. The van der Waals surface area contributed by atoms with Gasteiger partial charge in [-0.1, -0.05) is 27.5 Å². The molecule has 0 aliphatic rings. The van der Waals surface area contributed by atoms with Crippen molar-refractivity contribution < 1.29 is 0 Å². The lowest BCUT2D eigenvalue weighted by atomic mass is 10.3. The summed E-state index contributed by atoms with van der Waals surface area (Å²) >= 11 is 9.32. The molecule has 1 aromatic carbocycles.